The molecule has 1 N–H and O–H groups in total. The summed E-state index contributed by atoms with van der Waals surface area (Å²) in [6, 6.07) is 8.78. The van der Waals surface area contributed by atoms with Crippen molar-refractivity contribution in [2.45, 2.75) is 19.5 Å². The van der Waals surface area contributed by atoms with Gasteiger partial charge in [-0.15, -0.1) is 0 Å². The lowest BCUT2D eigenvalue weighted by Crippen LogP contribution is -2.30. The molecule has 0 saturated heterocycles. The molecule has 1 aromatic carbocycles. The van der Waals surface area contributed by atoms with Gasteiger partial charge in [0.2, 0.25) is 0 Å². The summed E-state index contributed by atoms with van der Waals surface area (Å²) < 4.78 is 0. The Morgan fingerprint density at radius 3 is 2.39 bits per heavy atom. The number of fused-ring (bicyclic) bond motifs is 1. The van der Waals surface area contributed by atoms with E-state index in [4.69, 9.17) is 0 Å². The fourth-order valence-corrected chi connectivity index (χ4v) is 2.44. The minimum absolute atomic E-state index is 1.10. The molecule has 0 unspecified atom stereocenters. The number of hydrogen-bond acceptors (Lipinski definition) is 3. The van der Waals surface area contributed by atoms with E-state index in [-0.39, 0.29) is 0 Å². The van der Waals surface area contributed by atoms with Crippen LogP contribution in [0.15, 0.2) is 24.3 Å². The lowest BCUT2D eigenvalue weighted by molar-refractivity contribution is 0.282. The van der Waals surface area contributed by atoms with Crippen molar-refractivity contribution in [3.63, 3.8) is 0 Å². The molecule has 0 radical (unpaired) electrons. The standard InChI is InChI=1S/C15H25N3/c1-17(2)10-5-8-16-9-11-18-12-14-6-3-4-7-15(14)13-18/h3-4,6-7,16H,5,8-13H2,1-2H3. The summed E-state index contributed by atoms with van der Waals surface area (Å²) in [5, 5.41) is 3.53. The number of nitrogens with zero attached hydrogens (tertiary/aromatic N) is 2. The van der Waals surface area contributed by atoms with Crippen LogP contribution in [-0.2, 0) is 13.1 Å². The van der Waals surface area contributed by atoms with Gasteiger partial charge in [0.05, 0.1) is 0 Å². The summed E-state index contributed by atoms with van der Waals surface area (Å²) in [6.07, 6.45) is 1.23. The molecule has 0 spiro atoms. The van der Waals surface area contributed by atoms with E-state index in [0.717, 1.165) is 32.7 Å². The molecule has 18 heavy (non-hydrogen) atoms. The molecular formula is C15H25N3. The van der Waals surface area contributed by atoms with Gasteiger partial charge in [0, 0.05) is 26.2 Å². The van der Waals surface area contributed by atoms with Crippen molar-refractivity contribution < 1.29 is 0 Å². The van der Waals surface area contributed by atoms with Gasteiger partial charge >= 0.3 is 0 Å². The highest BCUT2D eigenvalue weighted by molar-refractivity contribution is 5.30. The topological polar surface area (TPSA) is 18.5 Å². The average molecular weight is 247 g/mol. The third kappa shape index (κ3) is 4.09. The first kappa shape index (κ1) is 13.5. The maximum absolute atomic E-state index is 3.53. The second kappa shape index (κ2) is 6.88. The smallest absolute Gasteiger partial charge is 0.0241 e. The van der Waals surface area contributed by atoms with Crippen LogP contribution in [0.4, 0.5) is 0 Å². The van der Waals surface area contributed by atoms with Crippen LogP contribution in [-0.4, -0.2) is 50.1 Å². The highest BCUT2D eigenvalue weighted by Crippen LogP contribution is 2.21. The molecule has 1 aliphatic heterocycles. The normalized spacial score (nSPS) is 15.3. The van der Waals surface area contributed by atoms with Gasteiger partial charge in [-0.25, -0.2) is 0 Å². The second-order valence-electron chi connectivity index (χ2n) is 5.39. The monoisotopic (exact) mass is 247 g/mol. The maximum atomic E-state index is 3.53. The quantitative estimate of drug-likeness (QED) is 0.738. The van der Waals surface area contributed by atoms with E-state index >= 15 is 0 Å². The minimum Gasteiger partial charge on any atom is -0.315 e. The van der Waals surface area contributed by atoms with Crippen molar-refractivity contribution in [2.24, 2.45) is 0 Å². The molecule has 1 heterocycles. The zero-order valence-electron chi connectivity index (χ0n) is 11.7. The first-order valence-electron chi connectivity index (χ1n) is 6.90. The molecule has 100 valence electrons. The van der Waals surface area contributed by atoms with Crippen molar-refractivity contribution in [1.82, 2.24) is 15.1 Å². The van der Waals surface area contributed by atoms with Crippen LogP contribution in [0.1, 0.15) is 17.5 Å². The van der Waals surface area contributed by atoms with E-state index in [1.807, 2.05) is 0 Å². The Balaban J connectivity index is 1.57. The summed E-state index contributed by atoms with van der Waals surface area (Å²) in [6.45, 7) is 6.78. The van der Waals surface area contributed by atoms with E-state index in [0.29, 0.717) is 0 Å². The van der Waals surface area contributed by atoms with E-state index in [2.05, 4.69) is 53.5 Å². The predicted octanol–water partition coefficient (Wildman–Crippen LogP) is 1.54. The fraction of sp³-hybridized carbons (Fsp3) is 0.600. The van der Waals surface area contributed by atoms with Gasteiger partial charge < -0.3 is 10.2 Å². The summed E-state index contributed by atoms with van der Waals surface area (Å²) >= 11 is 0. The van der Waals surface area contributed by atoms with E-state index < -0.39 is 0 Å². The maximum Gasteiger partial charge on any atom is 0.0241 e. The summed E-state index contributed by atoms with van der Waals surface area (Å²) in [5.74, 6) is 0. The minimum atomic E-state index is 1.10. The average Bonchev–Trinajstić information content (AvgIpc) is 2.75. The van der Waals surface area contributed by atoms with Crippen LogP contribution < -0.4 is 5.32 Å². The van der Waals surface area contributed by atoms with Gasteiger partial charge in [-0.2, -0.15) is 0 Å². The molecule has 0 aliphatic carbocycles. The molecule has 0 saturated carbocycles. The Morgan fingerprint density at radius 1 is 1.11 bits per heavy atom. The molecule has 3 heteroatoms. The third-order valence-electron chi connectivity index (χ3n) is 3.47. The van der Waals surface area contributed by atoms with Crippen LogP contribution in [0, 0.1) is 0 Å². The van der Waals surface area contributed by atoms with Crippen molar-refractivity contribution in [3.8, 4) is 0 Å². The lowest BCUT2D eigenvalue weighted by atomic mass is 10.1. The number of nitrogens with one attached hydrogen (secondary N) is 1. The number of rotatable bonds is 7. The SMILES string of the molecule is CN(C)CCCNCCN1Cc2ccccc2C1. The van der Waals surface area contributed by atoms with Gasteiger partial charge in [0.1, 0.15) is 0 Å². The van der Waals surface area contributed by atoms with E-state index in [1.165, 1.54) is 24.1 Å². The second-order valence-corrected chi connectivity index (χ2v) is 5.39. The molecule has 0 aromatic heterocycles. The lowest BCUT2D eigenvalue weighted by Gasteiger charge is -2.15. The van der Waals surface area contributed by atoms with Gasteiger partial charge in [-0.3, -0.25) is 4.90 Å². The van der Waals surface area contributed by atoms with Crippen LogP contribution >= 0.6 is 0 Å². The molecule has 2 rings (SSSR count). The van der Waals surface area contributed by atoms with Crippen molar-refractivity contribution in [3.05, 3.63) is 35.4 Å². The Kier molecular flexibility index (Phi) is 5.17. The largest absolute Gasteiger partial charge is 0.315 e. The zero-order chi connectivity index (χ0) is 12.8. The fourth-order valence-electron chi connectivity index (χ4n) is 2.44. The highest BCUT2D eigenvalue weighted by atomic mass is 15.2. The molecule has 1 aliphatic rings. The van der Waals surface area contributed by atoms with Crippen molar-refractivity contribution in [1.29, 1.82) is 0 Å². The predicted molar refractivity (Wildman–Crippen MR) is 76.6 cm³/mol. The Morgan fingerprint density at radius 2 is 1.78 bits per heavy atom. The first-order valence-corrected chi connectivity index (χ1v) is 6.90. The number of hydrogen-bond donors (Lipinski definition) is 1. The van der Waals surface area contributed by atoms with Gasteiger partial charge in [-0.1, -0.05) is 24.3 Å². The highest BCUT2D eigenvalue weighted by Gasteiger charge is 2.16. The molecule has 0 bridgehead atoms. The number of benzene rings is 1. The van der Waals surface area contributed by atoms with Crippen molar-refractivity contribution >= 4 is 0 Å². The summed E-state index contributed by atoms with van der Waals surface area (Å²) in [4.78, 5) is 4.75. The van der Waals surface area contributed by atoms with Crippen LogP contribution in [0.5, 0.6) is 0 Å². The van der Waals surface area contributed by atoms with Gasteiger partial charge in [-0.05, 0) is 44.7 Å². The summed E-state index contributed by atoms with van der Waals surface area (Å²) in [5.41, 5.74) is 3.01. The van der Waals surface area contributed by atoms with E-state index in [1.54, 1.807) is 0 Å². The van der Waals surface area contributed by atoms with Crippen LogP contribution in [0.3, 0.4) is 0 Å². The Labute approximate surface area is 111 Å². The molecular weight excluding hydrogens is 222 g/mol. The molecule has 0 fully saturated rings. The van der Waals surface area contributed by atoms with Gasteiger partial charge in [0.15, 0.2) is 0 Å². The first-order chi connectivity index (χ1) is 8.75. The van der Waals surface area contributed by atoms with Crippen LogP contribution in [0.2, 0.25) is 0 Å². The molecule has 0 amide bonds. The van der Waals surface area contributed by atoms with Crippen LogP contribution in [0.25, 0.3) is 0 Å². The Bertz CT molecular complexity index is 338. The molecule has 0 atom stereocenters. The Hall–Kier alpha value is -0.900. The van der Waals surface area contributed by atoms with E-state index in [9.17, 15) is 0 Å². The third-order valence-corrected chi connectivity index (χ3v) is 3.47. The molecule has 1 aromatic rings. The van der Waals surface area contributed by atoms with Crippen molar-refractivity contribution in [2.75, 3.05) is 40.3 Å². The molecule has 3 nitrogen and oxygen atoms in total. The van der Waals surface area contributed by atoms with Gasteiger partial charge in [0.25, 0.3) is 0 Å². The zero-order valence-corrected chi connectivity index (χ0v) is 11.7. The summed E-state index contributed by atoms with van der Waals surface area (Å²) in [7, 11) is 4.25.